The smallest absolute Gasteiger partial charge is 0.0639 e. The molecule has 0 saturated carbocycles. The molecular weight excluding hydrogens is 152 g/mol. The summed E-state index contributed by atoms with van der Waals surface area (Å²) in [5.74, 6) is 0. The fraction of sp³-hybridized carbons (Fsp3) is 0.600. The molecule has 0 aliphatic heterocycles. The number of allylic oxidation sites excluding steroid dienone is 2. The Kier molecular flexibility index (Phi) is 6.72. The van der Waals surface area contributed by atoms with Crippen LogP contribution in [0.25, 0.3) is 0 Å². The molecule has 70 valence electrons. The number of rotatable bonds is 5. The Morgan fingerprint density at radius 1 is 1.08 bits per heavy atom. The Morgan fingerprint density at radius 3 is 2.25 bits per heavy atom. The molecule has 0 bridgehead atoms. The van der Waals surface area contributed by atoms with Crippen LogP contribution in [0.4, 0.5) is 0 Å². The zero-order valence-electron chi connectivity index (χ0n) is 7.88. The first-order chi connectivity index (χ1) is 5.70. The second-order valence-electron chi connectivity index (χ2n) is 2.98. The van der Waals surface area contributed by atoms with E-state index in [1.807, 2.05) is 26.0 Å². The summed E-state index contributed by atoms with van der Waals surface area (Å²) in [6.45, 7) is 4.17. The van der Waals surface area contributed by atoms with E-state index in [-0.39, 0.29) is 13.2 Å². The van der Waals surface area contributed by atoms with Crippen molar-refractivity contribution in [1.82, 2.24) is 0 Å². The van der Waals surface area contributed by atoms with Gasteiger partial charge in [0.25, 0.3) is 0 Å². The molecule has 0 aromatic rings. The van der Waals surface area contributed by atoms with Gasteiger partial charge in [-0.3, -0.25) is 0 Å². The minimum absolute atomic E-state index is 0.120. The normalized spacial score (nSPS) is 13.7. The fourth-order valence-corrected chi connectivity index (χ4v) is 0.869. The summed E-state index contributed by atoms with van der Waals surface area (Å²) < 4.78 is 0. The van der Waals surface area contributed by atoms with Crippen LogP contribution in [0.5, 0.6) is 0 Å². The van der Waals surface area contributed by atoms with Crippen LogP contribution in [0.15, 0.2) is 23.3 Å². The topological polar surface area (TPSA) is 40.5 Å². The molecule has 12 heavy (non-hydrogen) atoms. The molecule has 0 atom stereocenters. The van der Waals surface area contributed by atoms with Gasteiger partial charge in [0, 0.05) is 0 Å². The third-order valence-corrected chi connectivity index (χ3v) is 1.72. The van der Waals surface area contributed by atoms with E-state index < -0.39 is 0 Å². The Balaban J connectivity index is 3.62. The van der Waals surface area contributed by atoms with E-state index in [9.17, 15) is 0 Å². The van der Waals surface area contributed by atoms with Gasteiger partial charge < -0.3 is 10.2 Å². The zero-order chi connectivity index (χ0) is 9.40. The number of hydrogen-bond donors (Lipinski definition) is 2. The minimum Gasteiger partial charge on any atom is -0.392 e. The third-order valence-electron chi connectivity index (χ3n) is 1.72. The van der Waals surface area contributed by atoms with Crippen molar-refractivity contribution in [3.63, 3.8) is 0 Å². The SMILES string of the molecule is CC(=CCO)CC/C=C(\C)CO. The molecule has 0 radical (unpaired) electrons. The lowest BCUT2D eigenvalue weighted by Crippen LogP contribution is -1.85. The maximum Gasteiger partial charge on any atom is 0.0639 e. The Labute approximate surface area is 74.2 Å². The highest BCUT2D eigenvalue weighted by Gasteiger charge is 1.88. The minimum atomic E-state index is 0.120. The molecule has 0 aliphatic carbocycles. The van der Waals surface area contributed by atoms with Gasteiger partial charge in [-0.05, 0) is 26.7 Å². The van der Waals surface area contributed by atoms with Crippen LogP contribution in [0, 0.1) is 0 Å². The summed E-state index contributed by atoms with van der Waals surface area (Å²) >= 11 is 0. The molecule has 0 amide bonds. The first kappa shape index (κ1) is 11.4. The quantitative estimate of drug-likeness (QED) is 0.616. The Bertz CT molecular complexity index is 169. The molecule has 2 nitrogen and oxygen atoms in total. The van der Waals surface area contributed by atoms with E-state index in [0.29, 0.717) is 0 Å². The monoisotopic (exact) mass is 170 g/mol. The zero-order valence-corrected chi connectivity index (χ0v) is 7.88. The van der Waals surface area contributed by atoms with E-state index in [1.165, 1.54) is 5.57 Å². The third kappa shape index (κ3) is 6.13. The molecule has 2 heteroatoms. The highest BCUT2D eigenvalue weighted by atomic mass is 16.3. The molecule has 2 N–H and O–H groups in total. The highest BCUT2D eigenvalue weighted by molar-refractivity contribution is 5.03. The molecule has 0 saturated heterocycles. The van der Waals surface area contributed by atoms with Crippen molar-refractivity contribution in [3.05, 3.63) is 23.3 Å². The van der Waals surface area contributed by atoms with Crippen molar-refractivity contribution in [2.24, 2.45) is 0 Å². The van der Waals surface area contributed by atoms with Crippen LogP contribution in [0.2, 0.25) is 0 Å². The lowest BCUT2D eigenvalue weighted by molar-refractivity contribution is 0.331. The summed E-state index contributed by atoms with van der Waals surface area (Å²) in [5.41, 5.74) is 2.20. The summed E-state index contributed by atoms with van der Waals surface area (Å²) in [4.78, 5) is 0. The van der Waals surface area contributed by atoms with Gasteiger partial charge in [0.05, 0.1) is 13.2 Å². The van der Waals surface area contributed by atoms with Crippen molar-refractivity contribution in [1.29, 1.82) is 0 Å². The summed E-state index contributed by atoms with van der Waals surface area (Å²) in [5, 5.41) is 17.2. The van der Waals surface area contributed by atoms with Crippen LogP contribution in [-0.2, 0) is 0 Å². The molecule has 0 aromatic carbocycles. The molecule has 0 unspecified atom stereocenters. The summed E-state index contributed by atoms with van der Waals surface area (Å²) in [6, 6.07) is 0. The lowest BCUT2D eigenvalue weighted by Gasteiger charge is -1.97. The van der Waals surface area contributed by atoms with Gasteiger partial charge in [-0.1, -0.05) is 23.3 Å². The number of hydrogen-bond acceptors (Lipinski definition) is 2. The maximum atomic E-state index is 8.68. The molecule has 0 heterocycles. The largest absolute Gasteiger partial charge is 0.392 e. The van der Waals surface area contributed by atoms with Crippen molar-refractivity contribution < 1.29 is 10.2 Å². The predicted octanol–water partition coefficient (Wildman–Crippen LogP) is 1.64. The fourth-order valence-electron chi connectivity index (χ4n) is 0.869. The van der Waals surface area contributed by atoms with Crippen LogP contribution in [-0.4, -0.2) is 23.4 Å². The highest BCUT2D eigenvalue weighted by Crippen LogP contribution is 2.05. The van der Waals surface area contributed by atoms with E-state index in [4.69, 9.17) is 10.2 Å². The van der Waals surface area contributed by atoms with Crippen molar-refractivity contribution in [2.75, 3.05) is 13.2 Å². The van der Waals surface area contributed by atoms with E-state index >= 15 is 0 Å². The Hall–Kier alpha value is -0.600. The average Bonchev–Trinajstić information content (AvgIpc) is 2.04. The van der Waals surface area contributed by atoms with Gasteiger partial charge in [0.15, 0.2) is 0 Å². The average molecular weight is 170 g/mol. The summed E-state index contributed by atoms with van der Waals surface area (Å²) in [6.07, 6.45) is 5.73. The summed E-state index contributed by atoms with van der Waals surface area (Å²) in [7, 11) is 0. The second kappa shape index (κ2) is 7.07. The predicted molar refractivity (Wildman–Crippen MR) is 50.9 cm³/mol. The van der Waals surface area contributed by atoms with Crippen LogP contribution in [0.3, 0.4) is 0 Å². The maximum absolute atomic E-state index is 8.68. The van der Waals surface area contributed by atoms with Gasteiger partial charge >= 0.3 is 0 Å². The molecule has 0 aromatic heterocycles. The molecular formula is C10H18O2. The van der Waals surface area contributed by atoms with Crippen LogP contribution in [0.1, 0.15) is 26.7 Å². The first-order valence-electron chi connectivity index (χ1n) is 4.23. The lowest BCUT2D eigenvalue weighted by atomic mass is 10.1. The Morgan fingerprint density at radius 2 is 1.75 bits per heavy atom. The van der Waals surface area contributed by atoms with Gasteiger partial charge in [0.1, 0.15) is 0 Å². The number of aliphatic hydroxyl groups excluding tert-OH is 2. The van der Waals surface area contributed by atoms with E-state index in [0.717, 1.165) is 18.4 Å². The van der Waals surface area contributed by atoms with Crippen LogP contribution >= 0.6 is 0 Å². The first-order valence-corrected chi connectivity index (χ1v) is 4.23. The van der Waals surface area contributed by atoms with Gasteiger partial charge in [0.2, 0.25) is 0 Å². The second-order valence-corrected chi connectivity index (χ2v) is 2.98. The number of aliphatic hydroxyl groups is 2. The van der Waals surface area contributed by atoms with Gasteiger partial charge in [-0.2, -0.15) is 0 Å². The molecule has 0 spiro atoms. The van der Waals surface area contributed by atoms with Crippen molar-refractivity contribution >= 4 is 0 Å². The van der Waals surface area contributed by atoms with Crippen molar-refractivity contribution in [3.8, 4) is 0 Å². The van der Waals surface area contributed by atoms with E-state index in [1.54, 1.807) is 0 Å². The van der Waals surface area contributed by atoms with Crippen molar-refractivity contribution in [2.45, 2.75) is 26.7 Å². The van der Waals surface area contributed by atoms with Crippen LogP contribution < -0.4 is 0 Å². The standard InChI is InChI=1S/C10H18O2/c1-9(6-7-11)4-3-5-10(2)8-12/h5-6,11-12H,3-4,7-8H2,1-2H3/b9-6?,10-5+. The van der Waals surface area contributed by atoms with E-state index in [2.05, 4.69) is 0 Å². The molecule has 0 fully saturated rings. The van der Waals surface area contributed by atoms with Gasteiger partial charge in [-0.25, -0.2) is 0 Å². The molecule has 0 aliphatic rings. The van der Waals surface area contributed by atoms with Gasteiger partial charge in [-0.15, -0.1) is 0 Å². The molecule has 0 rings (SSSR count).